The van der Waals surface area contributed by atoms with Gasteiger partial charge in [-0.3, -0.25) is 0 Å². The van der Waals surface area contributed by atoms with E-state index in [1.165, 1.54) is 43.6 Å². The van der Waals surface area contributed by atoms with E-state index in [2.05, 4.69) is 221 Å². The van der Waals surface area contributed by atoms with Crippen LogP contribution in [-0.4, -0.2) is 19.1 Å². The molecular formula is C56H36N4. The van der Waals surface area contributed by atoms with E-state index >= 15 is 0 Å². The van der Waals surface area contributed by atoms with Gasteiger partial charge in [0.15, 0.2) is 5.82 Å². The molecule has 0 aliphatic carbocycles. The van der Waals surface area contributed by atoms with Gasteiger partial charge in [0.25, 0.3) is 0 Å². The van der Waals surface area contributed by atoms with Gasteiger partial charge in [-0.05, 0) is 71.1 Å². The molecule has 0 bridgehead atoms. The van der Waals surface area contributed by atoms with Gasteiger partial charge in [0.1, 0.15) is 0 Å². The van der Waals surface area contributed by atoms with Crippen molar-refractivity contribution in [2.75, 3.05) is 0 Å². The van der Waals surface area contributed by atoms with E-state index in [4.69, 9.17) is 9.97 Å². The van der Waals surface area contributed by atoms with Gasteiger partial charge in [-0.25, -0.2) is 9.97 Å². The fourth-order valence-electron chi connectivity index (χ4n) is 9.19. The molecule has 0 saturated carbocycles. The van der Waals surface area contributed by atoms with Crippen LogP contribution in [-0.2, 0) is 0 Å². The summed E-state index contributed by atoms with van der Waals surface area (Å²) in [5.74, 6) is 0.689. The number of nitrogens with zero attached hydrogens (tertiary/aromatic N) is 4. The summed E-state index contributed by atoms with van der Waals surface area (Å²) < 4.78 is 4.85. The molecule has 0 aliphatic rings. The number of hydrogen-bond donors (Lipinski definition) is 0. The van der Waals surface area contributed by atoms with E-state index in [1.54, 1.807) is 0 Å². The molecule has 12 aromatic rings. The lowest BCUT2D eigenvalue weighted by Crippen LogP contribution is -1.98. The summed E-state index contributed by atoms with van der Waals surface area (Å²) in [6.45, 7) is 0. The van der Waals surface area contributed by atoms with Gasteiger partial charge >= 0.3 is 0 Å². The van der Waals surface area contributed by atoms with E-state index in [-0.39, 0.29) is 0 Å². The highest BCUT2D eigenvalue weighted by molar-refractivity contribution is 6.19. The lowest BCUT2D eigenvalue weighted by molar-refractivity contribution is 1.17. The Morgan fingerprint density at radius 2 is 0.883 bits per heavy atom. The first-order valence-electron chi connectivity index (χ1n) is 20.4. The first-order valence-corrected chi connectivity index (χ1v) is 20.4. The second-order valence-corrected chi connectivity index (χ2v) is 15.4. The number of hydrogen-bond acceptors (Lipinski definition) is 2. The Balaban J connectivity index is 1.06. The maximum absolute atomic E-state index is 5.31. The molecular weight excluding hydrogens is 729 g/mol. The van der Waals surface area contributed by atoms with Gasteiger partial charge in [0, 0.05) is 49.3 Å². The van der Waals surface area contributed by atoms with Crippen LogP contribution < -0.4 is 0 Å². The molecule has 3 aromatic heterocycles. The molecule has 0 unspecified atom stereocenters. The largest absolute Gasteiger partial charge is 0.309 e. The Kier molecular flexibility index (Phi) is 7.82. The summed E-state index contributed by atoms with van der Waals surface area (Å²) in [5, 5.41) is 7.23. The lowest BCUT2D eigenvalue weighted by Gasteiger charge is -2.14. The average molecular weight is 765 g/mol. The van der Waals surface area contributed by atoms with Gasteiger partial charge in [0.2, 0.25) is 0 Å². The highest BCUT2D eigenvalue weighted by Crippen LogP contribution is 2.41. The zero-order valence-corrected chi connectivity index (χ0v) is 32.6. The van der Waals surface area contributed by atoms with Crippen molar-refractivity contribution in [2.24, 2.45) is 0 Å². The Labute approximate surface area is 346 Å². The zero-order chi connectivity index (χ0) is 39.6. The molecule has 0 amide bonds. The minimum absolute atomic E-state index is 0.689. The normalized spacial score (nSPS) is 11.7. The molecule has 0 N–H and O–H groups in total. The van der Waals surface area contributed by atoms with Crippen molar-refractivity contribution in [1.29, 1.82) is 0 Å². The first kappa shape index (κ1) is 34.0. The van der Waals surface area contributed by atoms with Crippen LogP contribution in [0.5, 0.6) is 0 Å². The van der Waals surface area contributed by atoms with Crippen LogP contribution in [0, 0.1) is 0 Å². The summed E-state index contributed by atoms with van der Waals surface area (Å²) in [6.07, 6.45) is 0. The average Bonchev–Trinajstić information content (AvgIpc) is 3.83. The van der Waals surface area contributed by atoms with E-state index in [1.807, 2.05) is 6.07 Å². The van der Waals surface area contributed by atoms with Crippen LogP contribution in [0.15, 0.2) is 218 Å². The van der Waals surface area contributed by atoms with Crippen molar-refractivity contribution in [3.8, 4) is 56.4 Å². The van der Waals surface area contributed by atoms with Crippen molar-refractivity contribution in [3.63, 3.8) is 0 Å². The number of rotatable bonds is 6. The molecule has 0 saturated heterocycles. The molecule has 0 radical (unpaired) electrons. The molecule has 0 fully saturated rings. The molecule has 280 valence electrons. The third kappa shape index (κ3) is 5.46. The molecule has 0 spiro atoms. The van der Waals surface area contributed by atoms with E-state index in [0.717, 1.165) is 61.4 Å². The highest BCUT2D eigenvalue weighted by Gasteiger charge is 2.20. The van der Waals surface area contributed by atoms with Crippen molar-refractivity contribution in [2.45, 2.75) is 0 Å². The number of para-hydroxylation sites is 3. The predicted octanol–water partition coefficient (Wildman–Crippen LogP) is 14.5. The molecule has 9 aromatic carbocycles. The minimum atomic E-state index is 0.689. The van der Waals surface area contributed by atoms with Crippen LogP contribution in [0.25, 0.3) is 111 Å². The van der Waals surface area contributed by atoms with E-state index in [9.17, 15) is 0 Å². The van der Waals surface area contributed by atoms with Crippen LogP contribution in [0.1, 0.15) is 0 Å². The highest BCUT2D eigenvalue weighted by atomic mass is 15.0. The topological polar surface area (TPSA) is 35.6 Å². The van der Waals surface area contributed by atoms with Crippen molar-refractivity contribution in [1.82, 2.24) is 19.1 Å². The lowest BCUT2D eigenvalue weighted by atomic mass is 9.96. The number of aromatic nitrogens is 4. The monoisotopic (exact) mass is 764 g/mol. The summed E-state index contributed by atoms with van der Waals surface area (Å²) in [5.41, 5.74) is 14.1. The van der Waals surface area contributed by atoms with Gasteiger partial charge in [0.05, 0.1) is 39.1 Å². The number of fused-ring (bicyclic) bond motifs is 7. The second-order valence-electron chi connectivity index (χ2n) is 15.4. The molecule has 60 heavy (non-hydrogen) atoms. The van der Waals surface area contributed by atoms with Gasteiger partial charge in [-0.1, -0.05) is 164 Å². The smallest absolute Gasteiger partial charge is 0.160 e. The Bertz CT molecular complexity index is 3580. The van der Waals surface area contributed by atoms with Crippen molar-refractivity contribution < 1.29 is 0 Å². The number of benzene rings is 9. The summed E-state index contributed by atoms with van der Waals surface area (Å²) in [4.78, 5) is 10.5. The first-order chi connectivity index (χ1) is 29.8. The molecule has 12 rings (SSSR count). The summed E-state index contributed by atoms with van der Waals surface area (Å²) in [7, 11) is 0. The Morgan fingerprint density at radius 1 is 0.300 bits per heavy atom. The molecule has 0 atom stereocenters. The van der Waals surface area contributed by atoms with Crippen molar-refractivity contribution >= 4 is 54.4 Å². The van der Waals surface area contributed by atoms with Crippen LogP contribution >= 0.6 is 0 Å². The fraction of sp³-hybridized carbons (Fsp3) is 0. The third-order valence-corrected chi connectivity index (χ3v) is 11.9. The SMILES string of the molecule is c1ccc(-c2cc(-c3ccccc3-c3ccccc3)nc(-c3ccc4c(-n5c6ccccc6c6cc7c8ccccc8n(-c8ccccc8)c7cc65)cccc4c3)n2)cc1. The van der Waals surface area contributed by atoms with Crippen LogP contribution in [0.4, 0.5) is 0 Å². The Morgan fingerprint density at radius 3 is 1.62 bits per heavy atom. The van der Waals surface area contributed by atoms with E-state index in [0.29, 0.717) is 5.82 Å². The maximum atomic E-state index is 5.31. The molecule has 3 heterocycles. The van der Waals surface area contributed by atoms with Gasteiger partial charge in [-0.15, -0.1) is 0 Å². The Hall–Kier alpha value is -8.08. The molecule has 4 heteroatoms. The molecule has 0 aliphatic heterocycles. The minimum Gasteiger partial charge on any atom is -0.309 e. The summed E-state index contributed by atoms with van der Waals surface area (Å²) in [6, 6.07) is 77.9. The predicted molar refractivity (Wildman–Crippen MR) is 250 cm³/mol. The summed E-state index contributed by atoms with van der Waals surface area (Å²) >= 11 is 0. The van der Waals surface area contributed by atoms with Gasteiger partial charge < -0.3 is 9.13 Å². The standard InChI is InChI=1S/C56H36N4/c1-4-17-37(18-5-1)42-24-10-11-25-44(42)50-35-49(38-19-6-2-7-20-38)57-56(58-50)40-31-32-43-39(33-40)21-16-30-51(43)60-53-29-15-13-27-46(53)48-34-47-45-26-12-14-28-52(45)59(54(47)36-55(48)60)41-22-8-3-9-23-41/h1-36H. The second kappa shape index (κ2) is 13.8. The van der Waals surface area contributed by atoms with Gasteiger partial charge in [-0.2, -0.15) is 0 Å². The molecule has 4 nitrogen and oxygen atoms in total. The zero-order valence-electron chi connectivity index (χ0n) is 32.6. The van der Waals surface area contributed by atoms with Crippen molar-refractivity contribution in [3.05, 3.63) is 218 Å². The van der Waals surface area contributed by atoms with Crippen LogP contribution in [0.2, 0.25) is 0 Å². The van der Waals surface area contributed by atoms with Crippen LogP contribution in [0.3, 0.4) is 0 Å². The quantitative estimate of drug-likeness (QED) is 0.169. The maximum Gasteiger partial charge on any atom is 0.160 e. The fourth-order valence-corrected chi connectivity index (χ4v) is 9.19. The third-order valence-electron chi connectivity index (χ3n) is 11.9. The van der Waals surface area contributed by atoms with E-state index < -0.39 is 0 Å².